The van der Waals surface area contributed by atoms with E-state index in [1.165, 1.54) is 22.9 Å². The number of carbonyl (C=O) groups is 2. The van der Waals surface area contributed by atoms with Crippen LogP contribution in [0, 0.1) is 5.82 Å². The van der Waals surface area contributed by atoms with Crippen molar-refractivity contribution in [3.8, 4) is 17.0 Å². The largest absolute Gasteiger partial charge is 0.491 e. The van der Waals surface area contributed by atoms with E-state index in [0.717, 1.165) is 28.2 Å². The summed E-state index contributed by atoms with van der Waals surface area (Å²) in [5, 5.41) is 9.75. The summed E-state index contributed by atoms with van der Waals surface area (Å²) in [6.07, 6.45) is 5.20. The number of amides is 2. The fraction of sp³-hybridized carbons (Fsp3) is 0.212. The number of fused-ring (bicyclic) bond motifs is 2. The Labute approximate surface area is 266 Å². The van der Waals surface area contributed by atoms with Gasteiger partial charge in [-0.1, -0.05) is 0 Å². The van der Waals surface area contributed by atoms with E-state index in [1.807, 2.05) is 31.4 Å². The SMILES string of the molecule is Cn1cc(-c2ccc(=O)n(CCOc3ccnc4cc(N5CCN(C(=O)c6cc7cc(F)cc(C(N)=O)c7o6)CC5)ccc34)n2)cn1. The Balaban J connectivity index is 0.999. The molecule has 0 aliphatic carbocycles. The van der Waals surface area contributed by atoms with Crippen LogP contribution in [0.15, 0.2) is 82.4 Å². The van der Waals surface area contributed by atoms with Gasteiger partial charge in [-0.05, 0) is 48.5 Å². The van der Waals surface area contributed by atoms with E-state index >= 15 is 0 Å². The van der Waals surface area contributed by atoms with Gasteiger partial charge in [0.25, 0.3) is 17.4 Å². The van der Waals surface area contributed by atoms with E-state index in [2.05, 4.69) is 20.1 Å². The standard InChI is InChI=1S/C33H29FN8O5/c1-39-19-21(18-37-39)26-4-5-30(43)42(38-26)12-13-46-28-6-7-36-27-17-23(2-3-24(27)28)40-8-10-41(11-9-40)33(45)29-15-20-14-22(34)16-25(32(35)44)31(20)47-29/h2-7,14-19H,8-13H2,1H3,(H2,35,44). The third-order valence-electron chi connectivity index (χ3n) is 8.10. The second-order valence-corrected chi connectivity index (χ2v) is 11.2. The van der Waals surface area contributed by atoms with E-state index in [1.54, 1.807) is 34.1 Å². The Hall–Kier alpha value is -6.05. The summed E-state index contributed by atoms with van der Waals surface area (Å²) in [5.74, 6) is -1.16. The van der Waals surface area contributed by atoms with Crippen molar-refractivity contribution in [1.82, 2.24) is 29.4 Å². The quantitative estimate of drug-likeness (QED) is 0.265. The summed E-state index contributed by atoms with van der Waals surface area (Å²) in [6, 6.07) is 14.5. The van der Waals surface area contributed by atoms with Crippen molar-refractivity contribution in [3.05, 3.63) is 101 Å². The molecule has 238 valence electrons. The van der Waals surface area contributed by atoms with Crippen LogP contribution in [0.3, 0.4) is 0 Å². The number of halogens is 1. The average molecular weight is 637 g/mol. The summed E-state index contributed by atoms with van der Waals surface area (Å²) >= 11 is 0. The fourth-order valence-corrected chi connectivity index (χ4v) is 5.72. The zero-order valence-electron chi connectivity index (χ0n) is 25.3. The number of hydrogen-bond acceptors (Lipinski definition) is 9. The van der Waals surface area contributed by atoms with Gasteiger partial charge in [-0.15, -0.1) is 0 Å². The molecular weight excluding hydrogens is 607 g/mol. The smallest absolute Gasteiger partial charge is 0.289 e. The second kappa shape index (κ2) is 12.0. The number of carbonyl (C=O) groups excluding carboxylic acids is 2. The van der Waals surface area contributed by atoms with Crippen LogP contribution in [0.25, 0.3) is 33.1 Å². The maximum absolute atomic E-state index is 14.0. The minimum Gasteiger partial charge on any atom is -0.491 e. The van der Waals surface area contributed by atoms with Crippen molar-refractivity contribution in [1.29, 1.82) is 0 Å². The molecule has 5 heterocycles. The topological polar surface area (TPSA) is 155 Å². The highest BCUT2D eigenvalue weighted by Crippen LogP contribution is 2.29. The summed E-state index contributed by atoms with van der Waals surface area (Å²) in [4.78, 5) is 45.7. The highest BCUT2D eigenvalue weighted by atomic mass is 19.1. The van der Waals surface area contributed by atoms with Gasteiger partial charge in [0.05, 0.1) is 29.5 Å². The molecule has 14 heteroatoms. The van der Waals surface area contributed by atoms with Crippen molar-refractivity contribution >= 4 is 39.4 Å². The number of piperazine rings is 1. The number of primary amides is 1. The van der Waals surface area contributed by atoms with Gasteiger partial charge in [0, 0.05) is 73.7 Å². The van der Waals surface area contributed by atoms with E-state index in [9.17, 15) is 18.8 Å². The number of nitrogens with zero attached hydrogens (tertiary/aromatic N) is 7. The van der Waals surface area contributed by atoms with Gasteiger partial charge in [0.15, 0.2) is 5.76 Å². The molecule has 6 aromatic rings. The van der Waals surface area contributed by atoms with Crippen LogP contribution >= 0.6 is 0 Å². The lowest BCUT2D eigenvalue weighted by atomic mass is 10.1. The Kier molecular flexibility index (Phi) is 7.60. The zero-order chi connectivity index (χ0) is 32.7. The molecule has 13 nitrogen and oxygen atoms in total. The lowest BCUT2D eigenvalue weighted by Crippen LogP contribution is -2.48. The van der Waals surface area contributed by atoms with Gasteiger partial charge < -0.3 is 24.7 Å². The number of aryl methyl sites for hydroxylation is 1. The van der Waals surface area contributed by atoms with Gasteiger partial charge in [-0.2, -0.15) is 10.2 Å². The summed E-state index contributed by atoms with van der Waals surface area (Å²) < 4.78 is 28.8. The summed E-state index contributed by atoms with van der Waals surface area (Å²) in [5.41, 5.74) is 8.28. The molecule has 2 aromatic carbocycles. The van der Waals surface area contributed by atoms with Gasteiger partial charge >= 0.3 is 0 Å². The van der Waals surface area contributed by atoms with Crippen LogP contribution in [0.1, 0.15) is 20.9 Å². The van der Waals surface area contributed by atoms with Crippen LogP contribution in [-0.2, 0) is 13.6 Å². The molecule has 1 aliphatic rings. The maximum Gasteiger partial charge on any atom is 0.289 e. The number of anilines is 1. The maximum atomic E-state index is 14.0. The molecule has 2 amide bonds. The normalized spacial score (nSPS) is 13.4. The van der Waals surface area contributed by atoms with E-state index in [0.29, 0.717) is 43.0 Å². The van der Waals surface area contributed by atoms with Crippen molar-refractivity contribution in [2.75, 3.05) is 37.7 Å². The van der Waals surface area contributed by atoms with Crippen LogP contribution in [-0.4, -0.2) is 74.0 Å². The highest BCUT2D eigenvalue weighted by molar-refractivity contribution is 6.06. The van der Waals surface area contributed by atoms with E-state index in [-0.39, 0.29) is 41.5 Å². The molecule has 47 heavy (non-hydrogen) atoms. The number of ether oxygens (including phenoxy) is 1. The Morgan fingerprint density at radius 2 is 1.87 bits per heavy atom. The molecular formula is C33H29FN8O5. The molecule has 0 spiro atoms. The van der Waals surface area contributed by atoms with E-state index < -0.39 is 11.7 Å². The minimum atomic E-state index is -0.836. The number of furan rings is 1. The molecule has 0 radical (unpaired) electrons. The molecule has 7 rings (SSSR count). The summed E-state index contributed by atoms with van der Waals surface area (Å²) in [6.45, 7) is 2.47. The lowest BCUT2D eigenvalue weighted by molar-refractivity contribution is 0.0716. The Bertz CT molecular complexity index is 2220. The highest BCUT2D eigenvalue weighted by Gasteiger charge is 2.26. The number of pyridine rings is 1. The minimum absolute atomic E-state index is 0.0193. The molecule has 0 atom stereocenters. The van der Waals surface area contributed by atoms with Crippen LogP contribution < -0.4 is 20.9 Å². The van der Waals surface area contributed by atoms with Gasteiger partial charge in [-0.3, -0.25) is 24.0 Å². The molecule has 0 saturated carbocycles. The Morgan fingerprint density at radius 1 is 1.04 bits per heavy atom. The average Bonchev–Trinajstić information content (AvgIpc) is 3.71. The molecule has 1 fully saturated rings. The predicted molar refractivity (Wildman–Crippen MR) is 171 cm³/mol. The van der Waals surface area contributed by atoms with Gasteiger partial charge in [0.2, 0.25) is 0 Å². The lowest BCUT2D eigenvalue weighted by Gasteiger charge is -2.35. The third kappa shape index (κ3) is 5.88. The molecule has 2 N–H and O–H groups in total. The first-order valence-electron chi connectivity index (χ1n) is 14.9. The first-order chi connectivity index (χ1) is 22.7. The number of benzene rings is 2. The predicted octanol–water partition coefficient (Wildman–Crippen LogP) is 3.22. The Morgan fingerprint density at radius 3 is 2.64 bits per heavy atom. The second-order valence-electron chi connectivity index (χ2n) is 11.2. The van der Waals surface area contributed by atoms with Crippen LogP contribution in [0.2, 0.25) is 0 Å². The van der Waals surface area contributed by atoms with Crippen LogP contribution in [0.5, 0.6) is 5.75 Å². The van der Waals surface area contributed by atoms with Gasteiger partial charge in [-0.25, -0.2) is 9.07 Å². The van der Waals surface area contributed by atoms with E-state index in [4.69, 9.17) is 14.9 Å². The molecule has 0 bridgehead atoms. The number of hydrogen-bond donors (Lipinski definition) is 1. The van der Waals surface area contributed by atoms with Crippen molar-refractivity contribution < 1.29 is 23.1 Å². The molecule has 1 saturated heterocycles. The van der Waals surface area contributed by atoms with Gasteiger partial charge in [0.1, 0.15) is 23.8 Å². The zero-order valence-corrected chi connectivity index (χ0v) is 25.3. The van der Waals surface area contributed by atoms with Crippen molar-refractivity contribution in [2.45, 2.75) is 6.54 Å². The monoisotopic (exact) mass is 636 g/mol. The number of aromatic nitrogens is 5. The van der Waals surface area contributed by atoms with Crippen LogP contribution in [0.4, 0.5) is 10.1 Å². The number of nitrogens with two attached hydrogens (primary N) is 1. The molecule has 0 unspecified atom stereocenters. The summed E-state index contributed by atoms with van der Waals surface area (Å²) in [7, 11) is 1.82. The molecule has 4 aromatic heterocycles. The third-order valence-corrected chi connectivity index (χ3v) is 8.10. The number of rotatable bonds is 8. The molecule has 1 aliphatic heterocycles. The first kappa shape index (κ1) is 29.6. The fourth-order valence-electron chi connectivity index (χ4n) is 5.72. The van der Waals surface area contributed by atoms with Crippen molar-refractivity contribution in [2.24, 2.45) is 12.8 Å². The van der Waals surface area contributed by atoms with Crippen molar-refractivity contribution in [3.63, 3.8) is 0 Å². The first-order valence-corrected chi connectivity index (χ1v) is 14.9.